The van der Waals surface area contributed by atoms with Gasteiger partial charge in [0.05, 0.1) is 26.9 Å². The van der Waals surface area contributed by atoms with Crippen molar-refractivity contribution in [3.8, 4) is 17.2 Å². The summed E-state index contributed by atoms with van der Waals surface area (Å²) in [5.41, 5.74) is 4.74. The van der Waals surface area contributed by atoms with Gasteiger partial charge in [-0.25, -0.2) is 0 Å². The maximum Gasteiger partial charge on any atom is 0.253 e. The Morgan fingerprint density at radius 1 is 0.811 bits per heavy atom. The van der Waals surface area contributed by atoms with Gasteiger partial charge < -0.3 is 19.1 Å². The van der Waals surface area contributed by atoms with Crippen LogP contribution in [-0.4, -0.2) is 63.2 Å². The van der Waals surface area contributed by atoms with Gasteiger partial charge in [-0.15, -0.1) is 0 Å². The molecule has 192 valence electrons. The number of rotatable bonds is 9. The van der Waals surface area contributed by atoms with Gasteiger partial charge >= 0.3 is 0 Å². The number of benzene rings is 3. The lowest BCUT2D eigenvalue weighted by Crippen LogP contribution is -2.48. The molecule has 0 aliphatic carbocycles. The van der Waals surface area contributed by atoms with Gasteiger partial charge in [0, 0.05) is 38.3 Å². The van der Waals surface area contributed by atoms with E-state index in [1.807, 2.05) is 65.6 Å². The van der Waals surface area contributed by atoms with Gasteiger partial charge in [-0.3, -0.25) is 9.69 Å². The molecule has 4 rings (SSSR count). The van der Waals surface area contributed by atoms with E-state index < -0.39 is 0 Å². The van der Waals surface area contributed by atoms with Gasteiger partial charge in [0.15, 0.2) is 0 Å². The molecule has 3 aromatic rings. The van der Waals surface area contributed by atoms with Crippen LogP contribution in [0.25, 0.3) is 18.2 Å². The zero-order valence-electron chi connectivity index (χ0n) is 21.8. The molecule has 1 aliphatic rings. The number of methoxy groups -OCH3 is 3. The van der Waals surface area contributed by atoms with Crippen LogP contribution in [0.3, 0.4) is 0 Å². The molecule has 0 unspecified atom stereocenters. The second kappa shape index (κ2) is 12.3. The van der Waals surface area contributed by atoms with E-state index in [4.69, 9.17) is 14.2 Å². The van der Waals surface area contributed by atoms with Crippen molar-refractivity contribution in [1.82, 2.24) is 9.80 Å². The number of ether oxygens (including phenoxy) is 3. The van der Waals surface area contributed by atoms with Gasteiger partial charge in [-0.05, 0) is 53.1 Å². The topological polar surface area (TPSA) is 51.2 Å². The fourth-order valence-corrected chi connectivity index (χ4v) is 4.47. The Morgan fingerprint density at radius 2 is 1.41 bits per heavy atom. The van der Waals surface area contributed by atoms with E-state index in [2.05, 4.69) is 23.6 Å². The maximum atomic E-state index is 13.1. The van der Waals surface area contributed by atoms with Crippen LogP contribution >= 0.6 is 0 Å². The predicted molar refractivity (Wildman–Crippen MR) is 149 cm³/mol. The van der Waals surface area contributed by atoms with Gasteiger partial charge in [0.25, 0.3) is 5.91 Å². The molecule has 6 nitrogen and oxygen atoms in total. The van der Waals surface area contributed by atoms with Crippen LogP contribution < -0.4 is 14.2 Å². The minimum absolute atomic E-state index is 0.0779. The lowest BCUT2D eigenvalue weighted by atomic mass is 10.1. The highest BCUT2D eigenvalue weighted by Crippen LogP contribution is 2.32. The van der Waals surface area contributed by atoms with Crippen LogP contribution in [0.5, 0.6) is 17.2 Å². The zero-order valence-corrected chi connectivity index (χ0v) is 21.8. The Kier molecular flexibility index (Phi) is 8.64. The Balaban J connectivity index is 1.34. The summed E-state index contributed by atoms with van der Waals surface area (Å²) < 4.78 is 16.2. The highest BCUT2D eigenvalue weighted by Gasteiger charge is 2.22. The molecule has 1 aliphatic heterocycles. The van der Waals surface area contributed by atoms with E-state index in [9.17, 15) is 4.79 Å². The van der Waals surface area contributed by atoms with E-state index in [0.717, 1.165) is 55.2 Å². The summed E-state index contributed by atoms with van der Waals surface area (Å²) in [5, 5.41) is 0. The molecule has 1 fully saturated rings. The molecule has 3 aromatic carbocycles. The van der Waals surface area contributed by atoms with Crippen LogP contribution in [0.4, 0.5) is 0 Å². The van der Waals surface area contributed by atoms with Crippen molar-refractivity contribution in [3.05, 3.63) is 95.1 Å². The molecule has 1 saturated heterocycles. The number of amides is 1. The fourth-order valence-electron chi connectivity index (χ4n) is 4.47. The van der Waals surface area contributed by atoms with Crippen molar-refractivity contribution in [2.75, 3.05) is 47.5 Å². The predicted octanol–water partition coefficient (Wildman–Crippen LogP) is 5.48. The first-order valence-electron chi connectivity index (χ1n) is 12.4. The molecular weight excluding hydrogens is 464 g/mol. The fraction of sp³-hybridized carbons (Fsp3) is 0.258. The molecule has 6 heteroatoms. The molecule has 0 saturated carbocycles. The number of hydrogen-bond donors (Lipinski definition) is 0. The monoisotopic (exact) mass is 498 g/mol. The summed E-state index contributed by atoms with van der Waals surface area (Å²) in [7, 11) is 4.94. The Labute approximate surface area is 219 Å². The Morgan fingerprint density at radius 3 is 1.95 bits per heavy atom. The standard InChI is InChI=1S/C31H34N2O4/c1-5-28-29(36-3)20-25(21-30(28)37-4)7-6-23-8-12-26(13-9-23)31(34)33-18-16-32(17-19-33)22-24-10-14-27(35-2)15-11-24/h5-15,20-21H,1,16-19,22H2,2-4H3/b7-6+. The minimum atomic E-state index is 0.0779. The van der Waals surface area contributed by atoms with Gasteiger partial charge in [-0.1, -0.05) is 49.1 Å². The summed E-state index contributed by atoms with van der Waals surface area (Å²) in [6, 6.07) is 19.8. The first kappa shape index (κ1) is 26.0. The average Bonchev–Trinajstić information content (AvgIpc) is 2.96. The first-order chi connectivity index (χ1) is 18.0. The molecule has 0 N–H and O–H groups in total. The van der Waals surface area contributed by atoms with E-state index >= 15 is 0 Å². The minimum Gasteiger partial charge on any atom is -0.497 e. The molecule has 0 aromatic heterocycles. The molecular formula is C31H34N2O4. The van der Waals surface area contributed by atoms with Crippen LogP contribution in [0.15, 0.2) is 67.2 Å². The van der Waals surface area contributed by atoms with Crippen LogP contribution in [-0.2, 0) is 6.54 Å². The maximum absolute atomic E-state index is 13.1. The molecule has 37 heavy (non-hydrogen) atoms. The van der Waals surface area contributed by atoms with Gasteiger partial charge in [0.1, 0.15) is 17.2 Å². The SMILES string of the molecule is C=Cc1c(OC)cc(/C=C/c2ccc(C(=O)N3CCN(Cc4ccc(OC)cc4)CC3)cc2)cc1OC. The van der Waals surface area contributed by atoms with Crippen molar-refractivity contribution in [3.63, 3.8) is 0 Å². The van der Waals surface area contributed by atoms with Gasteiger partial charge in [-0.2, -0.15) is 0 Å². The number of carbonyl (C=O) groups is 1. The summed E-state index contributed by atoms with van der Waals surface area (Å²) in [5.74, 6) is 2.36. The van der Waals surface area contributed by atoms with E-state index in [-0.39, 0.29) is 5.91 Å². The highest BCUT2D eigenvalue weighted by molar-refractivity contribution is 5.94. The van der Waals surface area contributed by atoms with Crippen LogP contribution in [0, 0.1) is 0 Å². The second-order valence-electron chi connectivity index (χ2n) is 8.91. The average molecular weight is 499 g/mol. The molecule has 0 bridgehead atoms. The van der Waals surface area contributed by atoms with Crippen molar-refractivity contribution in [2.45, 2.75) is 6.54 Å². The number of piperazine rings is 1. The summed E-state index contributed by atoms with van der Waals surface area (Å²) in [6.07, 6.45) is 5.73. The molecule has 0 radical (unpaired) electrons. The highest BCUT2D eigenvalue weighted by atomic mass is 16.5. The Hall–Kier alpha value is -4.03. The normalized spacial score (nSPS) is 14.0. The second-order valence-corrected chi connectivity index (χ2v) is 8.91. The largest absolute Gasteiger partial charge is 0.497 e. The number of hydrogen-bond acceptors (Lipinski definition) is 5. The van der Waals surface area contributed by atoms with E-state index in [0.29, 0.717) is 17.1 Å². The zero-order chi connectivity index (χ0) is 26.2. The van der Waals surface area contributed by atoms with Crippen molar-refractivity contribution < 1.29 is 19.0 Å². The van der Waals surface area contributed by atoms with Crippen LogP contribution in [0.1, 0.15) is 32.6 Å². The summed E-state index contributed by atoms with van der Waals surface area (Å²) in [4.78, 5) is 17.4. The lowest BCUT2D eigenvalue weighted by molar-refractivity contribution is 0.0628. The van der Waals surface area contributed by atoms with Crippen molar-refractivity contribution in [1.29, 1.82) is 0 Å². The third-order valence-corrected chi connectivity index (χ3v) is 6.62. The lowest BCUT2D eigenvalue weighted by Gasteiger charge is -2.34. The summed E-state index contributed by atoms with van der Waals surface area (Å²) in [6.45, 7) is 7.88. The van der Waals surface area contributed by atoms with E-state index in [1.165, 1.54) is 5.56 Å². The molecule has 1 heterocycles. The molecule has 1 amide bonds. The molecule has 0 atom stereocenters. The van der Waals surface area contributed by atoms with Crippen LogP contribution in [0.2, 0.25) is 0 Å². The quantitative estimate of drug-likeness (QED) is 0.366. The third kappa shape index (κ3) is 6.40. The summed E-state index contributed by atoms with van der Waals surface area (Å²) >= 11 is 0. The van der Waals surface area contributed by atoms with Crippen molar-refractivity contribution in [2.24, 2.45) is 0 Å². The molecule has 0 spiro atoms. The Bertz CT molecular complexity index is 1220. The number of carbonyl (C=O) groups excluding carboxylic acids is 1. The third-order valence-electron chi connectivity index (χ3n) is 6.62. The van der Waals surface area contributed by atoms with E-state index in [1.54, 1.807) is 27.4 Å². The van der Waals surface area contributed by atoms with Gasteiger partial charge in [0.2, 0.25) is 0 Å². The number of nitrogens with zero attached hydrogens (tertiary/aromatic N) is 2. The first-order valence-corrected chi connectivity index (χ1v) is 12.4. The smallest absolute Gasteiger partial charge is 0.253 e. The van der Waals surface area contributed by atoms with Crippen molar-refractivity contribution >= 4 is 24.1 Å².